The highest BCUT2D eigenvalue weighted by Crippen LogP contribution is 2.28. The van der Waals surface area contributed by atoms with E-state index in [0.29, 0.717) is 6.07 Å². The molecule has 0 aromatic heterocycles. The highest BCUT2D eigenvalue weighted by molar-refractivity contribution is 5.97. The van der Waals surface area contributed by atoms with Crippen LogP contribution in [0.2, 0.25) is 0 Å². The highest BCUT2D eigenvalue weighted by Gasteiger charge is 2.21. The molecule has 9 heteroatoms. The molecule has 0 spiro atoms. The van der Waals surface area contributed by atoms with Gasteiger partial charge in [0.15, 0.2) is 12.4 Å². The first-order valence-corrected chi connectivity index (χ1v) is 6.81. The van der Waals surface area contributed by atoms with Crippen LogP contribution in [0.3, 0.4) is 0 Å². The van der Waals surface area contributed by atoms with Crippen molar-refractivity contribution in [3.05, 3.63) is 69.3 Å². The standard InChI is InChI=1S/C16H11F2NO6/c1-24-16(21)9-2-5-15(13(6-9)19(22)23)25-8-14(20)11-7-10(17)3-4-12(11)18/h2-7H,8H2,1H3. The van der Waals surface area contributed by atoms with Crippen LogP contribution in [0.4, 0.5) is 14.5 Å². The Bertz CT molecular complexity index is 853. The summed E-state index contributed by atoms with van der Waals surface area (Å²) in [5, 5.41) is 11.1. The van der Waals surface area contributed by atoms with Crippen LogP contribution in [0.25, 0.3) is 0 Å². The van der Waals surface area contributed by atoms with Gasteiger partial charge in [0.25, 0.3) is 0 Å². The number of carbonyl (C=O) groups excluding carboxylic acids is 2. The van der Waals surface area contributed by atoms with Gasteiger partial charge in [0.05, 0.1) is 23.2 Å². The molecule has 0 amide bonds. The number of hydrogen-bond acceptors (Lipinski definition) is 6. The minimum atomic E-state index is -0.939. The molecular formula is C16H11F2NO6. The minimum absolute atomic E-state index is 0.0796. The van der Waals surface area contributed by atoms with E-state index in [-0.39, 0.29) is 11.3 Å². The molecule has 0 saturated heterocycles. The van der Waals surface area contributed by atoms with Crippen LogP contribution in [0, 0.1) is 21.7 Å². The number of ketones is 1. The topological polar surface area (TPSA) is 95.7 Å². The van der Waals surface area contributed by atoms with Gasteiger partial charge in [-0.15, -0.1) is 0 Å². The number of Topliss-reactive ketones (excluding diaryl/α,β-unsaturated/α-hetero) is 1. The monoisotopic (exact) mass is 351 g/mol. The average molecular weight is 351 g/mol. The molecule has 0 heterocycles. The first-order chi connectivity index (χ1) is 11.8. The lowest BCUT2D eigenvalue weighted by Crippen LogP contribution is -2.14. The van der Waals surface area contributed by atoms with Gasteiger partial charge in [0, 0.05) is 6.07 Å². The van der Waals surface area contributed by atoms with Crippen molar-refractivity contribution in [1.82, 2.24) is 0 Å². The van der Waals surface area contributed by atoms with Gasteiger partial charge >= 0.3 is 11.7 Å². The fourth-order valence-electron chi connectivity index (χ4n) is 1.96. The lowest BCUT2D eigenvalue weighted by molar-refractivity contribution is -0.385. The predicted molar refractivity (Wildman–Crippen MR) is 80.6 cm³/mol. The predicted octanol–water partition coefficient (Wildman–Crippen LogP) is 2.92. The van der Waals surface area contributed by atoms with Gasteiger partial charge in [0.1, 0.15) is 11.6 Å². The van der Waals surface area contributed by atoms with Crippen molar-refractivity contribution < 1.29 is 32.8 Å². The highest BCUT2D eigenvalue weighted by atomic mass is 19.1. The molecule has 0 aliphatic carbocycles. The van der Waals surface area contributed by atoms with Crippen LogP contribution in [-0.4, -0.2) is 30.4 Å². The van der Waals surface area contributed by atoms with E-state index in [1.54, 1.807) is 0 Å². The van der Waals surface area contributed by atoms with E-state index in [4.69, 9.17) is 4.74 Å². The fraction of sp³-hybridized carbons (Fsp3) is 0.125. The van der Waals surface area contributed by atoms with Gasteiger partial charge in [-0.05, 0) is 30.3 Å². The third-order valence-corrected chi connectivity index (χ3v) is 3.16. The van der Waals surface area contributed by atoms with Crippen molar-refractivity contribution in [3.8, 4) is 5.75 Å². The average Bonchev–Trinajstić information content (AvgIpc) is 2.60. The Labute approximate surface area is 139 Å². The van der Waals surface area contributed by atoms with E-state index in [0.717, 1.165) is 31.4 Å². The number of hydrogen-bond donors (Lipinski definition) is 0. The van der Waals surface area contributed by atoms with Crippen LogP contribution >= 0.6 is 0 Å². The van der Waals surface area contributed by atoms with Crippen LogP contribution in [0.1, 0.15) is 20.7 Å². The summed E-state index contributed by atoms with van der Waals surface area (Å²) in [6, 6.07) is 5.59. The van der Waals surface area contributed by atoms with Gasteiger partial charge in [-0.1, -0.05) is 0 Å². The second-order valence-electron chi connectivity index (χ2n) is 4.77. The zero-order valence-corrected chi connectivity index (χ0v) is 12.8. The van der Waals surface area contributed by atoms with Crippen molar-refractivity contribution in [3.63, 3.8) is 0 Å². The number of nitrogens with zero attached hydrogens (tertiary/aromatic N) is 1. The Morgan fingerprint density at radius 2 is 1.88 bits per heavy atom. The molecule has 0 unspecified atom stereocenters. The molecule has 2 aromatic carbocycles. The van der Waals surface area contributed by atoms with Gasteiger partial charge in [-0.2, -0.15) is 0 Å². The summed E-state index contributed by atoms with van der Waals surface area (Å²) in [5.74, 6) is -3.73. The summed E-state index contributed by atoms with van der Waals surface area (Å²) >= 11 is 0. The van der Waals surface area contributed by atoms with E-state index in [1.165, 1.54) is 6.07 Å². The maximum atomic E-state index is 13.5. The summed E-state index contributed by atoms with van der Waals surface area (Å²) < 4.78 is 36.1. The Morgan fingerprint density at radius 1 is 1.16 bits per heavy atom. The smallest absolute Gasteiger partial charge is 0.338 e. The second-order valence-corrected chi connectivity index (χ2v) is 4.77. The summed E-state index contributed by atoms with van der Waals surface area (Å²) in [4.78, 5) is 33.6. The van der Waals surface area contributed by atoms with E-state index >= 15 is 0 Å². The lowest BCUT2D eigenvalue weighted by atomic mass is 10.1. The van der Waals surface area contributed by atoms with Crippen LogP contribution in [-0.2, 0) is 4.74 Å². The van der Waals surface area contributed by atoms with Gasteiger partial charge in [0.2, 0.25) is 5.78 Å². The molecule has 0 aliphatic rings. The van der Waals surface area contributed by atoms with Gasteiger partial charge in [-0.25, -0.2) is 13.6 Å². The Balaban J connectivity index is 2.22. The first-order valence-electron chi connectivity index (χ1n) is 6.81. The number of benzene rings is 2. The normalized spacial score (nSPS) is 10.2. The quantitative estimate of drug-likeness (QED) is 0.344. The number of rotatable bonds is 6. The van der Waals surface area contributed by atoms with Crippen LogP contribution in [0.5, 0.6) is 5.75 Å². The summed E-state index contributed by atoms with van der Waals surface area (Å²) in [6.07, 6.45) is 0. The molecular weight excluding hydrogens is 340 g/mol. The van der Waals surface area contributed by atoms with Crippen molar-refractivity contribution in [2.24, 2.45) is 0 Å². The van der Waals surface area contributed by atoms with E-state index in [1.807, 2.05) is 0 Å². The molecule has 0 bridgehead atoms. The molecule has 25 heavy (non-hydrogen) atoms. The molecule has 2 aromatic rings. The number of ether oxygens (including phenoxy) is 2. The fourth-order valence-corrected chi connectivity index (χ4v) is 1.96. The van der Waals surface area contributed by atoms with Crippen LogP contribution < -0.4 is 4.74 Å². The van der Waals surface area contributed by atoms with Crippen molar-refractivity contribution in [1.29, 1.82) is 0 Å². The number of methoxy groups -OCH3 is 1. The number of esters is 1. The molecule has 0 N–H and O–H groups in total. The third kappa shape index (κ3) is 4.14. The minimum Gasteiger partial charge on any atom is -0.478 e. The summed E-state index contributed by atoms with van der Waals surface area (Å²) in [7, 11) is 1.12. The molecule has 0 radical (unpaired) electrons. The number of halogens is 2. The second kappa shape index (κ2) is 7.47. The van der Waals surface area contributed by atoms with E-state index in [9.17, 15) is 28.5 Å². The number of nitro groups is 1. The Hall–Kier alpha value is -3.36. The number of carbonyl (C=O) groups is 2. The molecule has 0 atom stereocenters. The van der Waals surface area contributed by atoms with Crippen LogP contribution in [0.15, 0.2) is 36.4 Å². The maximum absolute atomic E-state index is 13.5. The summed E-state index contributed by atoms with van der Waals surface area (Å²) in [6.45, 7) is -0.751. The van der Waals surface area contributed by atoms with Crippen molar-refractivity contribution in [2.45, 2.75) is 0 Å². The Kier molecular flexibility index (Phi) is 5.38. The maximum Gasteiger partial charge on any atom is 0.338 e. The van der Waals surface area contributed by atoms with E-state index in [2.05, 4.69) is 4.74 Å². The lowest BCUT2D eigenvalue weighted by Gasteiger charge is -2.08. The zero-order chi connectivity index (χ0) is 18.6. The molecule has 7 nitrogen and oxygen atoms in total. The molecule has 0 saturated carbocycles. The molecule has 2 rings (SSSR count). The van der Waals surface area contributed by atoms with Crippen molar-refractivity contribution in [2.75, 3.05) is 13.7 Å². The third-order valence-electron chi connectivity index (χ3n) is 3.16. The molecule has 0 aliphatic heterocycles. The first kappa shape index (κ1) is 18.0. The van der Waals surface area contributed by atoms with Crippen molar-refractivity contribution >= 4 is 17.4 Å². The van der Waals surface area contributed by atoms with Gasteiger partial charge < -0.3 is 9.47 Å². The number of nitro benzene ring substituents is 1. The molecule has 130 valence electrons. The zero-order valence-electron chi connectivity index (χ0n) is 12.8. The molecule has 0 fully saturated rings. The SMILES string of the molecule is COC(=O)c1ccc(OCC(=O)c2cc(F)ccc2F)c([N+](=O)[O-])c1. The van der Waals surface area contributed by atoms with E-state index < -0.39 is 46.2 Å². The van der Waals surface area contributed by atoms with Gasteiger partial charge in [-0.3, -0.25) is 14.9 Å². The largest absolute Gasteiger partial charge is 0.478 e. The Morgan fingerprint density at radius 3 is 2.52 bits per heavy atom. The summed E-state index contributed by atoms with van der Waals surface area (Å²) in [5.41, 5.74) is -1.19.